The lowest BCUT2D eigenvalue weighted by molar-refractivity contribution is 0.0696. The van der Waals surface area contributed by atoms with E-state index in [4.69, 9.17) is 4.98 Å². The summed E-state index contributed by atoms with van der Waals surface area (Å²) >= 11 is 3.64. The molecule has 0 spiro atoms. The molecule has 3 aromatic rings. The Morgan fingerprint density at radius 3 is 2.48 bits per heavy atom. The van der Waals surface area contributed by atoms with Crippen LogP contribution in [0.4, 0.5) is 0 Å². The number of carbonyl (C=O) groups is 1. The summed E-state index contributed by atoms with van der Waals surface area (Å²) in [5.41, 5.74) is 5.07. The van der Waals surface area contributed by atoms with Gasteiger partial charge < -0.3 is 5.11 Å². The molecule has 0 amide bonds. The summed E-state index contributed by atoms with van der Waals surface area (Å²) in [6.45, 7) is 6.69. The molecule has 0 radical (unpaired) electrons. The van der Waals surface area contributed by atoms with Crippen molar-refractivity contribution in [3.63, 3.8) is 0 Å². The third kappa shape index (κ3) is 3.74. The molecule has 1 N–H and O–H groups in total. The smallest absolute Gasteiger partial charge is 0.336 e. The van der Waals surface area contributed by atoms with Crippen LogP contribution in [-0.4, -0.2) is 16.1 Å². The number of aromatic carboxylic acids is 1. The highest BCUT2D eigenvalue weighted by molar-refractivity contribution is 9.10. The zero-order valence-electron chi connectivity index (χ0n) is 16.9. The first-order valence-electron chi connectivity index (χ1n) is 9.86. The standard InChI is InChI=1S/C25H24BrNO2/c1-25(2,3)17-13-16(12-15-8-4-6-10-20(15)26)23-19(14-17)22(24(28)29)18-9-5-7-11-21(18)27-23/h4-12,17H,13-14H2,1-3H3,(H,28,29). The number of fused-ring (bicyclic) bond motifs is 2. The number of allylic oxidation sites excluding steroid dienone is 1. The van der Waals surface area contributed by atoms with Gasteiger partial charge in [0, 0.05) is 9.86 Å². The molecule has 1 aromatic heterocycles. The van der Waals surface area contributed by atoms with E-state index in [0.717, 1.165) is 45.2 Å². The third-order valence-electron chi connectivity index (χ3n) is 5.89. The highest BCUT2D eigenvalue weighted by Crippen LogP contribution is 2.45. The molecular formula is C25H24BrNO2. The summed E-state index contributed by atoms with van der Waals surface area (Å²) in [5.74, 6) is -0.542. The van der Waals surface area contributed by atoms with Crippen LogP contribution in [0.1, 0.15) is 54.4 Å². The number of rotatable bonds is 2. The van der Waals surface area contributed by atoms with Crippen molar-refractivity contribution in [1.82, 2.24) is 4.98 Å². The van der Waals surface area contributed by atoms with Crippen LogP contribution in [0, 0.1) is 11.3 Å². The average molecular weight is 450 g/mol. The number of hydrogen-bond donors (Lipinski definition) is 1. The minimum atomic E-state index is -0.880. The maximum atomic E-state index is 12.3. The zero-order valence-corrected chi connectivity index (χ0v) is 18.5. The number of carboxylic acid groups (broad SMARTS) is 1. The minimum Gasteiger partial charge on any atom is -0.478 e. The van der Waals surface area contributed by atoms with E-state index in [2.05, 4.69) is 48.8 Å². The predicted molar refractivity (Wildman–Crippen MR) is 122 cm³/mol. The second-order valence-electron chi connectivity index (χ2n) is 8.80. The van der Waals surface area contributed by atoms with Gasteiger partial charge in [0.25, 0.3) is 0 Å². The molecule has 1 unspecified atom stereocenters. The summed E-state index contributed by atoms with van der Waals surface area (Å²) in [6.07, 6.45) is 3.77. The van der Waals surface area contributed by atoms with Gasteiger partial charge in [-0.05, 0) is 59.1 Å². The summed E-state index contributed by atoms with van der Waals surface area (Å²) in [4.78, 5) is 17.2. The third-order valence-corrected chi connectivity index (χ3v) is 6.61. The fourth-order valence-electron chi connectivity index (χ4n) is 4.16. The Kier molecular flexibility index (Phi) is 5.07. The fraction of sp³-hybridized carbons (Fsp3) is 0.280. The van der Waals surface area contributed by atoms with Crippen molar-refractivity contribution < 1.29 is 9.90 Å². The largest absolute Gasteiger partial charge is 0.478 e. The van der Waals surface area contributed by atoms with E-state index in [1.165, 1.54) is 0 Å². The summed E-state index contributed by atoms with van der Waals surface area (Å²) < 4.78 is 1.02. The molecule has 0 saturated carbocycles. The molecule has 2 aromatic carbocycles. The first kappa shape index (κ1) is 19.8. The lowest BCUT2D eigenvalue weighted by Gasteiger charge is -2.36. The number of aromatic nitrogens is 1. The summed E-state index contributed by atoms with van der Waals surface area (Å²) in [7, 11) is 0. The Labute approximate surface area is 179 Å². The molecule has 4 heteroatoms. The summed E-state index contributed by atoms with van der Waals surface area (Å²) in [6, 6.07) is 15.6. The van der Waals surface area contributed by atoms with Crippen molar-refractivity contribution in [1.29, 1.82) is 0 Å². The minimum absolute atomic E-state index is 0.0616. The first-order chi connectivity index (χ1) is 13.8. The van der Waals surface area contributed by atoms with Gasteiger partial charge in [-0.15, -0.1) is 0 Å². The molecular weight excluding hydrogens is 426 g/mol. The van der Waals surface area contributed by atoms with Gasteiger partial charge in [0.2, 0.25) is 0 Å². The normalized spacial score (nSPS) is 18.1. The van der Waals surface area contributed by atoms with E-state index in [1.54, 1.807) is 0 Å². The number of halogens is 1. The van der Waals surface area contributed by atoms with Crippen molar-refractivity contribution in [2.75, 3.05) is 0 Å². The highest BCUT2D eigenvalue weighted by Gasteiger charge is 2.35. The molecule has 1 aliphatic carbocycles. The van der Waals surface area contributed by atoms with Crippen LogP contribution in [0.15, 0.2) is 53.0 Å². The molecule has 4 rings (SSSR count). The molecule has 3 nitrogen and oxygen atoms in total. The number of nitrogens with zero attached hydrogens (tertiary/aromatic N) is 1. The van der Waals surface area contributed by atoms with Crippen LogP contribution in [0.5, 0.6) is 0 Å². The van der Waals surface area contributed by atoms with Crippen molar-refractivity contribution in [3.8, 4) is 0 Å². The van der Waals surface area contributed by atoms with Gasteiger partial charge >= 0.3 is 5.97 Å². The van der Waals surface area contributed by atoms with Crippen LogP contribution in [0.3, 0.4) is 0 Å². The Hall–Kier alpha value is -2.46. The van der Waals surface area contributed by atoms with E-state index in [-0.39, 0.29) is 5.41 Å². The van der Waals surface area contributed by atoms with Crippen LogP contribution in [-0.2, 0) is 6.42 Å². The zero-order chi connectivity index (χ0) is 20.8. The highest BCUT2D eigenvalue weighted by atomic mass is 79.9. The number of carboxylic acids is 1. The van der Waals surface area contributed by atoms with Crippen LogP contribution >= 0.6 is 15.9 Å². The first-order valence-corrected chi connectivity index (χ1v) is 10.7. The van der Waals surface area contributed by atoms with E-state index < -0.39 is 5.97 Å². The molecule has 1 aliphatic rings. The summed E-state index contributed by atoms with van der Waals surface area (Å²) in [5, 5.41) is 10.8. The Bertz CT molecular complexity index is 1140. The second kappa shape index (κ2) is 7.42. The number of benzene rings is 2. The quantitative estimate of drug-likeness (QED) is 0.465. The molecule has 1 atom stereocenters. The Morgan fingerprint density at radius 2 is 1.79 bits per heavy atom. The van der Waals surface area contributed by atoms with Gasteiger partial charge in [0.15, 0.2) is 0 Å². The Balaban J connectivity index is 2.02. The van der Waals surface area contributed by atoms with E-state index in [1.807, 2.05) is 42.5 Å². The van der Waals surface area contributed by atoms with Gasteiger partial charge in [-0.1, -0.05) is 73.1 Å². The van der Waals surface area contributed by atoms with Gasteiger partial charge in [0.05, 0.1) is 16.8 Å². The van der Waals surface area contributed by atoms with Gasteiger partial charge in [-0.2, -0.15) is 0 Å². The maximum Gasteiger partial charge on any atom is 0.336 e. The van der Waals surface area contributed by atoms with Gasteiger partial charge in [0.1, 0.15) is 0 Å². The fourth-order valence-corrected chi connectivity index (χ4v) is 4.56. The van der Waals surface area contributed by atoms with Crippen molar-refractivity contribution >= 4 is 44.5 Å². The molecule has 0 aliphatic heterocycles. The monoisotopic (exact) mass is 449 g/mol. The van der Waals surface area contributed by atoms with Gasteiger partial charge in [-0.3, -0.25) is 0 Å². The SMILES string of the molecule is CC(C)(C)C1CC(=Cc2ccccc2Br)c2nc3ccccc3c(C(=O)O)c2C1. The number of hydrogen-bond acceptors (Lipinski definition) is 2. The van der Waals surface area contributed by atoms with Crippen LogP contribution in [0.2, 0.25) is 0 Å². The Morgan fingerprint density at radius 1 is 1.10 bits per heavy atom. The second-order valence-corrected chi connectivity index (χ2v) is 9.65. The van der Waals surface area contributed by atoms with E-state index >= 15 is 0 Å². The molecule has 0 fully saturated rings. The van der Waals surface area contributed by atoms with Crippen LogP contribution < -0.4 is 0 Å². The molecule has 1 heterocycles. The maximum absolute atomic E-state index is 12.3. The molecule has 0 saturated heterocycles. The topological polar surface area (TPSA) is 50.2 Å². The molecule has 0 bridgehead atoms. The van der Waals surface area contributed by atoms with Gasteiger partial charge in [-0.25, -0.2) is 9.78 Å². The van der Waals surface area contributed by atoms with Crippen LogP contribution in [0.25, 0.3) is 22.6 Å². The molecule has 148 valence electrons. The van der Waals surface area contributed by atoms with Crippen molar-refractivity contribution in [2.24, 2.45) is 11.3 Å². The predicted octanol–water partition coefficient (Wildman–Crippen LogP) is 6.84. The molecule has 29 heavy (non-hydrogen) atoms. The lowest BCUT2D eigenvalue weighted by Crippen LogP contribution is -2.28. The average Bonchev–Trinajstić information content (AvgIpc) is 2.67. The van der Waals surface area contributed by atoms with E-state index in [9.17, 15) is 9.90 Å². The van der Waals surface area contributed by atoms with E-state index in [0.29, 0.717) is 16.9 Å². The van der Waals surface area contributed by atoms with Crippen molar-refractivity contribution in [2.45, 2.75) is 33.6 Å². The number of para-hydroxylation sites is 1. The number of pyridine rings is 1. The van der Waals surface area contributed by atoms with Crippen molar-refractivity contribution in [3.05, 3.63) is 75.4 Å². The lowest BCUT2D eigenvalue weighted by atomic mass is 9.69.